The predicted molar refractivity (Wildman–Crippen MR) is 236 cm³/mol. The third-order valence-electron chi connectivity index (χ3n) is 8.60. The lowest BCUT2D eigenvalue weighted by Crippen LogP contribution is -2.52. The number of esters is 2. The molecule has 0 aromatic carbocycles. The molecule has 0 aliphatic rings. The highest BCUT2D eigenvalue weighted by molar-refractivity contribution is 6.91. The van der Waals surface area contributed by atoms with Crippen LogP contribution in [-0.2, 0) is 31.4 Å². The first-order chi connectivity index (χ1) is 22.4. The van der Waals surface area contributed by atoms with Crippen molar-refractivity contribution in [3.05, 3.63) is 50.6 Å². The molecule has 0 bridgehead atoms. The van der Waals surface area contributed by atoms with Crippen LogP contribution in [0.15, 0.2) is 35.7 Å². The van der Waals surface area contributed by atoms with Crippen molar-refractivity contribution in [1.82, 2.24) is 0 Å². The largest absolute Gasteiger partial charge is 0.456 e. The lowest BCUT2D eigenvalue weighted by atomic mass is 10.3. The molecule has 14 heteroatoms. The summed E-state index contributed by atoms with van der Waals surface area (Å²) in [5.74, 6) is -0.624. The van der Waals surface area contributed by atoms with E-state index in [0.29, 0.717) is 24.4 Å². The zero-order valence-electron chi connectivity index (χ0n) is 37.3. The van der Waals surface area contributed by atoms with Gasteiger partial charge in [-0.3, -0.25) is 0 Å². The van der Waals surface area contributed by atoms with Crippen LogP contribution in [0.1, 0.15) is 39.5 Å². The molecule has 52 heavy (non-hydrogen) atoms. The average Bonchev–Trinajstić information content (AvgIpc) is 2.90. The van der Waals surface area contributed by atoms with Crippen molar-refractivity contribution >= 4 is 53.8 Å². The van der Waals surface area contributed by atoms with E-state index in [4.69, 9.17) is 21.8 Å². The third kappa shape index (κ3) is 27.6. The Bertz CT molecular complexity index is 1150. The summed E-state index contributed by atoms with van der Waals surface area (Å²) in [6.45, 7) is 38.1. The SMILES string of the molecule is C=C(C)C(=O)OCC[N+](C)(C)CCCC[Si](C)(C)O[Si](C)(C)/C=C/[Si](C)(C)O[Si](C)(C)O[Si](C)(C)CCCC[N+](C)(C)CCOC(=O)C(=C)C.[CH3-].[CH3-]. The van der Waals surface area contributed by atoms with Crippen molar-refractivity contribution in [2.24, 2.45) is 0 Å². The van der Waals surface area contributed by atoms with Crippen molar-refractivity contribution in [1.29, 1.82) is 0 Å². The van der Waals surface area contributed by atoms with E-state index >= 15 is 0 Å². The highest BCUT2D eigenvalue weighted by Crippen LogP contribution is 2.27. The summed E-state index contributed by atoms with van der Waals surface area (Å²) in [7, 11) is -1.48. The monoisotopic (exact) mass is 821 g/mol. The number of hydrogen-bond acceptors (Lipinski definition) is 7. The van der Waals surface area contributed by atoms with E-state index in [2.05, 4.69) is 118 Å². The molecule has 0 aromatic heterocycles. The quantitative estimate of drug-likeness (QED) is 0.0215. The first-order valence-electron chi connectivity index (χ1n) is 18.5. The number of quaternary nitrogens is 2. The Morgan fingerprint density at radius 2 is 0.865 bits per heavy atom. The molecule has 0 aliphatic carbocycles. The Kier molecular flexibility index (Phi) is 24.7. The number of unbranched alkanes of at least 4 members (excludes halogenated alkanes) is 2. The maximum atomic E-state index is 11.7. The Balaban J connectivity index is -0.0000120. The van der Waals surface area contributed by atoms with Gasteiger partial charge in [-0.25, -0.2) is 9.59 Å². The lowest BCUT2D eigenvalue weighted by molar-refractivity contribution is -0.890. The molecule has 0 saturated heterocycles. The van der Waals surface area contributed by atoms with Gasteiger partial charge in [0, 0.05) is 11.1 Å². The Hall–Kier alpha value is -0.956. The van der Waals surface area contributed by atoms with Crippen molar-refractivity contribution in [2.75, 3.05) is 67.6 Å². The highest BCUT2D eigenvalue weighted by atomic mass is 28.5. The van der Waals surface area contributed by atoms with Gasteiger partial charge in [0.05, 0.1) is 41.3 Å². The number of carbonyl (C=O) groups excluding carboxylic acids is 2. The zero-order chi connectivity index (χ0) is 39.2. The van der Waals surface area contributed by atoms with Gasteiger partial charge in [0.2, 0.25) is 0 Å². The smallest absolute Gasteiger partial charge is 0.333 e. The molecule has 0 amide bonds. The number of rotatable bonds is 26. The molecule has 0 atom stereocenters. The topological polar surface area (TPSA) is 80.3 Å². The first kappa shape index (κ1) is 55.4. The molecule has 0 aromatic rings. The molecular formula is C38H84N2O7Si5. The number of hydrogen-bond donors (Lipinski definition) is 0. The van der Waals surface area contributed by atoms with Gasteiger partial charge in [0.15, 0.2) is 33.3 Å². The van der Waals surface area contributed by atoms with E-state index in [1.54, 1.807) is 13.8 Å². The summed E-state index contributed by atoms with van der Waals surface area (Å²) in [6.07, 6.45) is 4.50. The van der Waals surface area contributed by atoms with E-state index < -0.39 is 41.8 Å². The summed E-state index contributed by atoms with van der Waals surface area (Å²) in [5, 5.41) is 0. The second kappa shape index (κ2) is 23.2. The maximum Gasteiger partial charge on any atom is 0.333 e. The lowest BCUT2D eigenvalue weighted by Gasteiger charge is -2.38. The van der Waals surface area contributed by atoms with Crippen LogP contribution < -0.4 is 0 Å². The fraction of sp³-hybridized carbons (Fsp3) is 0.737. The molecule has 0 heterocycles. The Morgan fingerprint density at radius 1 is 0.538 bits per heavy atom. The summed E-state index contributed by atoms with van der Waals surface area (Å²) < 4.78 is 33.0. The van der Waals surface area contributed by atoms with Gasteiger partial charge >= 0.3 is 20.5 Å². The Morgan fingerprint density at radius 3 is 1.21 bits per heavy atom. The highest BCUT2D eigenvalue weighted by Gasteiger charge is 2.39. The van der Waals surface area contributed by atoms with E-state index in [0.717, 1.165) is 72.9 Å². The molecule has 0 fully saturated rings. The molecule has 0 saturated carbocycles. The van der Waals surface area contributed by atoms with Gasteiger partial charge in [-0.05, 0) is 117 Å². The standard InChI is InChI=1S/C36H78N2O7Si5.2CH3/c1-33(2)35(39)41-27-25-37(5,6)23-19-21-29-46(9,10)43-48(13,14)31-32-49(15,16)45-50(17,18)44-47(11,12)30-22-20-24-38(7,8)26-28-42-36(40)34(3)4;;/h31-32H,1,3,19-30H2,2,4-18H3;2*1H3/q+2;2*-1/b32-31+;;. The minimum Gasteiger partial charge on any atom is -0.456 e. The van der Waals surface area contributed by atoms with Gasteiger partial charge in [-0.15, -0.1) is 0 Å². The van der Waals surface area contributed by atoms with Crippen LogP contribution >= 0.6 is 0 Å². The Labute approximate surface area is 328 Å². The number of nitrogens with zero attached hydrogens (tertiary/aromatic N) is 2. The molecule has 0 radical (unpaired) electrons. The minimum atomic E-state index is -2.34. The molecule has 308 valence electrons. The van der Waals surface area contributed by atoms with Crippen LogP contribution in [0.4, 0.5) is 0 Å². The average molecular weight is 822 g/mol. The van der Waals surface area contributed by atoms with E-state index in [9.17, 15) is 9.59 Å². The van der Waals surface area contributed by atoms with Gasteiger partial charge in [0.25, 0.3) is 0 Å². The van der Waals surface area contributed by atoms with Crippen molar-refractivity contribution in [2.45, 2.75) is 117 Å². The van der Waals surface area contributed by atoms with Crippen molar-refractivity contribution in [3.63, 3.8) is 0 Å². The number of carbonyl (C=O) groups is 2. The third-order valence-corrected chi connectivity index (χ3v) is 26.5. The molecule has 0 N–H and O–H groups in total. The fourth-order valence-electron chi connectivity index (χ4n) is 6.03. The van der Waals surface area contributed by atoms with Crippen molar-refractivity contribution < 1.29 is 40.4 Å². The van der Waals surface area contributed by atoms with Crippen LogP contribution in [0.25, 0.3) is 0 Å². The number of ether oxygens (including phenoxy) is 2. The molecular weight excluding hydrogens is 737 g/mol. The molecule has 0 rings (SSSR count). The van der Waals surface area contributed by atoms with Crippen LogP contribution in [0.2, 0.25) is 77.6 Å². The van der Waals surface area contributed by atoms with Crippen LogP contribution in [0.5, 0.6) is 0 Å². The van der Waals surface area contributed by atoms with E-state index in [1.807, 2.05) is 0 Å². The normalized spacial score (nSPS) is 13.3. The summed E-state index contributed by atoms with van der Waals surface area (Å²) >= 11 is 0. The van der Waals surface area contributed by atoms with Gasteiger partial charge in [-0.1, -0.05) is 24.6 Å². The molecule has 0 aliphatic heterocycles. The van der Waals surface area contributed by atoms with E-state index in [-0.39, 0.29) is 26.8 Å². The maximum absolute atomic E-state index is 11.7. The van der Waals surface area contributed by atoms with Crippen molar-refractivity contribution in [3.8, 4) is 0 Å². The van der Waals surface area contributed by atoms with Gasteiger partial charge in [0.1, 0.15) is 26.3 Å². The second-order valence-electron chi connectivity index (χ2n) is 18.3. The first-order valence-corrected chi connectivity index (χ1v) is 33.5. The molecule has 9 nitrogen and oxygen atoms in total. The van der Waals surface area contributed by atoms with E-state index in [1.165, 1.54) is 0 Å². The fourth-order valence-corrected chi connectivity index (χ4v) is 29.4. The summed E-state index contributed by atoms with van der Waals surface area (Å²) in [5.41, 5.74) is 5.61. The van der Waals surface area contributed by atoms with Gasteiger partial charge < -0.3 is 45.6 Å². The summed E-state index contributed by atoms with van der Waals surface area (Å²) in [6, 6.07) is 2.23. The predicted octanol–water partition coefficient (Wildman–Crippen LogP) is 9.05. The minimum absolute atomic E-state index is 0. The second-order valence-corrected chi connectivity index (χ2v) is 38.6. The zero-order valence-corrected chi connectivity index (χ0v) is 42.3. The van der Waals surface area contributed by atoms with Gasteiger partial charge in [-0.2, -0.15) is 0 Å². The number of likely N-dealkylation sites (N-methyl/N-ethyl adjacent to an activating group) is 2. The summed E-state index contributed by atoms with van der Waals surface area (Å²) in [4.78, 5) is 23.4. The molecule has 0 unspecified atom stereocenters. The molecule has 0 spiro atoms. The van der Waals surface area contributed by atoms with Crippen LogP contribution in [0.3, 0.4) is 0 Å². The van der Waals surface area contributed by atoms with Crippen LogP contribution in [0, 0.1) is 14.9 Å². The van der Waals surface area contributed by atoms with Crippen LogP contribution in [-0.4, -0.2) is 130 Å².